The van der Waals surface area contributed by atoms with Crippen LogP contribution in [0.5, 0.6) is 0 Å². The Balaban J connectivity index is 2.12. The zero-order valence-electron chi connectivity index (χ0n) is 12.4. The predicted octanol–water partition coefficient (Wildman–Crippen LogP) is 1.20. The first-order valence-electron chi connectivity index (χ1n) is 6.91. The number of nitrogens with one attached hydrogen (secondary N) is 2. The Morgan fingerprint density at radius 2 is 2.10 bits per heavy atom. The molecule has 0 saturated heterocycles. The summed E-state index contributed by atoms with van der Waals surface area (Å²) in [6.45, 7) is 1.55. The van der Waals surface area contributed by atoms with Crippen LogP contribution < -0.4 is 16.6 Å². The number of fused-ring (bicyclic) bond motifs is 1. The summed E-state index contributed by atoms with van der Waals surface area (Å²) in [4.78, 5) is 18.5. The summed E-state index contributed by atoms with van der Waals surface area (Å²) in [5, 5.41) is 4.70. The molecule has 1 amide bonds. The molecule has 0 bridgehead atoms. The number of aromatic nitrogens is 1. The first-order chi connectivity index (χ1) is 10.1. The molecule has 0 fully saturated rings. The maximum absolute atomic E-state index is 12.1. The van der Waals surface area contributed by atoms with Crippen molar-refractivity contribution in [2.24, 2.45) is 5.84 Å². The SMILES string of the molecule is CN(C)CCCNC(=O)c1cc2ccccc2c(NN)n1. The van der Waals surface area contributed by atoms with Crippen molar-refractivity contribution < 1.29 is 4.79 Å². The highest BCUT2D eigenvalue weighted by atomic mass is 16.1. The van der Waals surface area contributed by atoms with E-state index in [-0.39, 0.29) is 5.91 Å². The lowest BCUT2D eigenvalue weighted by molar-refractivity contribution is 0.0947. The molecular weight excluding hydrogens is 266 g/mol. The lowest BCUT2D eigenvalue weighted by atomic mass is 10.1. The van der Waals surface area contributed by atoms with Gasteiger partial charge in [-0.1, -0.05) is 24.3 Å². The number of carbonyl (C=O) groups excluding carboxylic acids is 1. The summed E-state index contributed by atoms with van der Waals surface area (Å²) >= 11 is 0. The van der Waals surface area contributed by atoms with Crippen molar-refractivity contribution in [3.05, 3.63) is 36.0 Å². The minimum Gasteiger partial charge on any atom is -0.351 e. The average molecular weight is 287 g/mol. The van der Waals surface area contributed by atoms with Gasteiger partial charge in [-0.15, -0.1) is 0 Å². The van der Waals surface area contributed by atoms with Gasteiger partial charge in [-0.05, 0) is 38.5 Å². The molecule has 0 unspecified atom stereocenters. The van der Waals surface area contributed by atoms with E-state index in [1.807, 2.05) is 38.4 Å². The average Bonchev–Trinajstić information content (AvgIpc) is 2.50. The minimum absolute atomic E-state index is 0.184. The van der Waals surface area contributed by atoms with Gasteiger partial charge < -0.3 is 15.6 Å². The first kappa shape index (κ1) is 15.2. The van der Waals surface area contributed by atoms with E-state index < -0.39 is 0 Å². The maximum atomic E-state index is 12.1. The van der Waals surface area contributed by atoms with E-state index in [1.165, 1.54) is 0 Å². The summed E-state index contributed by atoms with van der Waals surface area (Å²) < 4.78 is 0. The van der Waals surface area contributed by atoms with Crippen LogP contribution in [0.1, 0.15) is 16.9 Å². The van der Waals surface area contributed by atoms with Gasteiger partial charge in [0.25, 0.3) is 5.91 Å². The lowest BCUT2D eigenvalue weighted by Crippen LogP contribution is -2.28. The molecule has 1 aromatic heterocycles. The van der Waals surface area contributed by atoms with Crippen LogP contribution in [-0.4, -0.2) is 43.0 Å². The third-order valence-electron chi connectivity index (χ3n) is 3.18. The largest absolute Gasteiger partial charge is 0.351 e. The Morgan fingerprint density at radius 1 is 1.33 bits per heavy atom. The van der Waals surface area contributed by atoms with Gasteiger partial charge in [0.05, 0.1) is 0 Å². The van der Waals surface area contributed by atoms with Crippen LogP contribution in [0.25, 0.3) is 10.8 Å². The molecule has 1 heterocycles. The van der Waals surface area contributed by atoms with Crippen LogP contribution in [0.2, 0.25) is 0 Å². The fraction of sp³-hybridized carbons (Fsp3) is 0.333. The predicted molar refractivity (Wildman–Crippen MR) is 85.1 cm³/mol. The second-order valence-electron chi connectivity index (χ2n) is 5.13. The number of amides is 1. The van der Waals surface area contributed by atoms with Gasteiger partial charge >= 0.3 is 0 Å². The van der Waals surface area contributed by atoms with Crippen molar-refractivity contribution in [2.45, 2.75) is 6.42 Å². The third-order valence-corrected chi connectivity index (χ3v) is 3.18. The molecule has 6 nitrogen and oxygen atoms in total. The highest BCUT2D eigenvalue weighted by Crippen LogP contribution is 2.21. The normalized spacial score (nSPS) is 10.9. The summed E-state index contributed by atoms with van der Waals surface area (Å²) in [5.74, 6) is 5.81. The molecule has 1 aromatic carbocycles. The smallest absolute Gasteiger partial charge is 0.269 e. The molecule has 0 aliphatic heterocycles. The topological polar surface area (TPSA) is 83.3 Å². The molecule has 6 heteroatoms. The minimum atomic E-state index is -0.184. The Bertz CT molecular complexity index is 626. The summed E-state index contributed by atoms with van der Waals surface area (Å²) in [6.07, 6.45) is 0.897. The Kier molecular flexibility index (Phi) is 5.08. The number of hydrogen-bond acceptors (Lipinski definition) is 5. The summed E-state index contributed by atoms with van der Waals surface area (Å²) in [6, 6.07) is 9.45. The standard InChI is InChI=1S/C15H21N5O/c1-20(2)9-5-8-17-15(21)13-10-11-6-3-4-7-12(11)14(18-13)19-16/h3-4,6-7,10H,5,8-9,16H2,1-2H3,(H,17,21)(H,18,19). The van der Waals surface area contributed by atoms with Crippen LogP contribution in [-0.2, 0) is 0 Å². The molecule has 0 saturated carbocycles. The lowest BCUT2D eigenvalue weighted by Gasteiger charge is -2.11. The number of carbonyl (C=O) groups is 1. The molecule has 0 aliphatic rings. The molecule has 0 radical (unpaired) electrons. The van der Waals surface area contributed by atoms with Crippen molar-refractivity contribution in [3.8, 4) is 0 Å². The van der Waals surface area contributed by atoms with Gasteiger partial charge in [0, 0.05) is 11.9 Å². The van der Waals surface area contributed by atoms with Crippen molar-refractivity contribution in [1.82, 2.24) is 15.2 Å². The monoisotopic (exact) mass is 287 g/mol. The maximum Gasteiger partial charge on any atom is 0.269 e. The van der Waals surface area contributed by atoms with E-state index in [4.69, 9.17) is 5.84 Å². The second kappa shape index (κ2) is 7.01. The highest BCUT2D eigenvalue weighted by Gasteiger charge is 2.11. The molecule has 21 heavy (non-hydrogen) atoms. The van der Waals surface area contributed by atoms with Gasteiger partial charge in [0.1, 0.15) is 11.5 Å². The zero-order chi connectivity index (χ0) is 15.2. The zero-order valence-corrected chi connectivity index (χ0v) is 12.4. The van der Waals surface area contributed by atoms with E-state index in [0.717, 1.165) is 23.7 Å². The highest BCUT2D eigenvalue weighted by molar-refractivity contribution is 6.00. The van der Waals surface area contributed by atoms with Crippen molar-refractivity contribution >= 4 is 22.5 Å². The molecule has 0 spiro atoms. The molecule has 2 aromatic rings. The van der Waals surface area contributed by atoms with Gasteiger partial charge in [-0.3, -0.25) is 4.79 Å². The van der Waals surface area contributed by atoms with E-state index in [9.17, 15) is 4.79 Å². The number of pyridine rings is 1. The number of hydrazine groups is 1. The third kappa shape index (κ3) is 3.90. The molecule has 112 valence electrons. The first-order valence-corrected chi connectivity index (χ1v) is 6.91. The Labute approximate surface area is 124 Å². The van der Waals surface area contributed by atoms with Crippen LogP contribution in [0.4, 0.5) is 5.82 Å². The Hall–Kier alpha value is -2.18. The van der Waals surface area contributed by atoms with Crippen molar-refractivity contribution in [2.75, 3.05) is 32.6 Å². The number of nitrogen functional groups attached to an aromatic ring is 1. The van der Waals surface area contributed by atoms with E-state index in [2.05, 4.69) is 20.6 Å². The number of anilines is 1. The molecule has 4 N–H and O–H groups in total. The van der Waals surface area contributed by atoms with Gasteiger partial charge in [0.15, 0.2) is 0 Å². The number of nitrogens with zero attached hydrogens (tertiary/aromatic N) is 2. The van der Waals surface area contributed by atoms with Crippen LogP contribution in [0.15, 0.2) is 30.3 Å². The molecule has 0 aliphatic carbocycles. The van der Waals surface area contributed by atoms with Crippen molar-refractivity contribution in [3.63, 3.8) is 0 Å². The molecule has 0 atom stereocenters. The van der Waals surface area contributed by atoms with Crippen LogP contribution in [0, 0.1) is 0 Å². The summed E-state index contributed by atoms with van der Waals surface area (Å²) in [5.41, 5.74) is 2.92. The van der Waals surface area contributed by atoms with Crippen LogP contribution >= 0.6 is 0 Å². The molecular formula is C15H21N5O. The number of benzene rings is 1. The van der Waals surface area contributed by atoms with Gasteiger partial charge in [-0.2, -0.15) is 0 Å². The molecule has 2 rings (SSSR count). The van der Waals surface area contributed by atoms with Gasteiger partial charge in [-0.25, -0.2) is 10.8 Å². The quantitative estimate of drug-likeness (QED) is 0.422. The van der Waals surface area contributed by atoms with E-state index in [1.54, 1.807) is 6.07 Å². The number of nitrogens with two attached hydrogens (primary N) is 1. The second-order valence-corrected chi connectivity index (χ2v) is 5.13. The van der Waals surface area contributed by atoms with Crippen molar-refractivity contribution in [1.29, 1.82) is 0 Å². The van der Waals surface area contributed by atoms with Crippen LogP contribution in [0.3, 0.4) is 0 Å². The Morgan fingerprint density at radius 3 is 2.81 bits per heavy atom. The van der Waals surface area contributed by atoms with Gasteiger partial charge in [0.2, 0.25) is 0 Å². The van der Waals surface area contributed by atoms with E-state index in [0.29, 0.717) is 18.1 Å². The fourth-order valence-electron chi connectivity index (χ4n) is 2.11. The number of hydrogen-bond donors (Lipinski definition) is 3. The summed E-state index contributed by atoms with van der Waals surface area (Å²) in [7, 11) is 4.01. The fourth-order valence-corrected chi connectivity index (χ4v) is 2.11. The number of rotatable bonds is 6. The van der Waals surface area contributed by atoms with E-state index >= 15 is 0 Å².